The van der Waals surface area contributed by atoms with Gasteiger partial charge in [0.25, 0.3) is 0 Å². The Kier molecular flexibility index (Phi) is 9.03. The van der Waals surface area contributed by atoms with Crippen molar-refractivity contribution < 1.29 is 9.53 Å². The lowest BCUT2D eigenvalue weighted by molar-refractivity contribution is -0.132. The Labute approximate surface area is 146 Å². The van der Waals surface area contributed by atoms with Crippen LogP contribution in [0.5, 0.6) is 5.75 Å². The molecule has 1 aromatic carbocycles. The highest BCUT2D eigenvalue weighted by atomic mass is 35.5. The van der Waals surface area contributed by atoms with Gasteiger partial charge in [-0.05, 0) is 57.4 Å². The smallest absolute Gasteiger partial charge is 0.222 e. The number of nitrogens with one attached hydrogen (secondary N) is 1. The zero-order chi connectivity index (χ0) is 15.8. The number of piperidine rings is 1. The lowest BCUT2D eigenvalue weighted by Gasteiger charge is -2.31. The third-order valence-electron chi connectivity index (χ3n) is 4.30. The van der Waals surface area contributed by atoms with Crippen molar-refractivity contribution >= 4 is 18.3 Å². The first kappa shape index (κ1) is 19.8. The van der Waals surface area contributed by atoms with E-state index >= 15 is 0 Å². The summed E-state index contributed by atoms with van der Waals surface area (Å²) in [5, 5.41) is 3.29. The fourth-order valence-corrected chi connectivity index (χ4v) is 2.85. The van der Waals surface area contributed by atoms with E-state index in [2.05, 4.69) is 18.3 Å². The zero-order valence-corrected chi connectivity index (χ0v) is 15.0. The number of hydrogen-bond donors (Lipinski definition) is 1. The van der Waals surface area contributed by atoms with Gasteiger partial charge in [-0.15, -0.1) is 12.4 Å². The second-order valence-electron chi connectivity index (χ2n) is 6.07. The van der Waals surface area contributed by atoms with Crippen LogP contribution in [0.4, 0.5) is 0 Å². The summed E-state index contributed by atoms with van der Waals surface area (Å²) in [4.78, 5) is 14.1. The van der Waals surface area contributed by atoms with Gasteiger partial charge in [0.1, 0.15) is 5.75 Å². The Morgan fingerprint density at radius 3 is 2.70 bits per heavy atom. The highest BCUT2D eigenvalue weighted by Gasteiger charge is 2.20. The van der Waals surface area contributed by atoms with Gasteiger partial charge in [0.2, 0.25) is 5.91 Å². The summed E-state index contributed by atoms with van der Waals surface area (Å²) < 4.78 is 5.71. The van der Waals surface area contributed by atoms with Crippen LogP contribution in [0.15, 0.2) is 24.3 Å². The molecule has 0 bridgehead atoms. The number of carbonyl (C=O) groups is 1. The van der Waals surface area contributed by atoms with Gasteiger partial charge in [0.15, 0.2) is 0 Å². The fourth-order valence-electron chi connectivity index (χ4n) is 2.85. The number of nitrogens with zero attached hydrogens (tertiary/aromatic N) is 1. The maximum absolute atomic E-state index is 12.1. The molecule has 0 aromatic heterocycles. The molecular formula is C18H29ClN2O2. The lowest BCUT2D eigenvalue weighted by atomic mass is 10.0. The zero-order valence-electron chi connectivity index (χ0n) is 14.2. The summed E-state index contributed by atoms with van der Waals surface area (Å²) in [6.07, 6.45) is 4.60. The molecule has 0 unspecified atom stereocenters. The van der Waals surface area contributed by atoms with Crippen molar-refractivity contribution in [3.63, 3.8) is 0 Å². The standard InChI is InChI=1S/C18H28N2O2.ClH/c1-15-6-5-7-17(14-15)22-13-4-3-8-18(21)20-11-9-16(19-2)10-12-20;/h5-7,14,16,19H,3-4,8-13H2,1-2H3;1H. The number of unbranched alkanes of at least 4 members (excludes halogenated alkanes) is 1. The largest absolute Gasteiger partial charge is 0.494 e. The molecule has 0 aliphatic carbocycles. The maximum Gasteiger partial charge on any atom is 0.222 e. The number of amides is 1. The van der Waals surface area contributed by atoms with Gasteiger partial charge in [0.05, 0.1) is 6.61 Å². The number of ether oxygens (including phenoxy) is 1. The predicted octanol–water partition coefficient (Wildman–Crippen LogP) is 3.18. The summed E-state index contributed by atoms with van der Waals surface area (Å²) in [5.41, 5.74) is 1.21. The maximum atomic E-state index is 12.1. The van der Waals surface area contributed by atoms with Gasteiger partial charge in [-0.3, -0.25) is 4.79 Å². The fraction of sp³-hybridized carbons (Fsp3) is 0.611. The summed E-state index contributed by atoms with van der Waals surface area (Å²) in [6, 6.07) is 8.65. The molecule has 1 aliphatic rings. The minimum Gasteiger partial charge on any atom is -0.494 e. The van der Waals surface area contributed by atoms with E-state index in [4.69, 9.17) is 4.74 Å². The van der Waals surface area contributed by atoms with E-state index in [1.807, 2.05) is 30.1 Å². The van der Waals surface area contributed by atoms with E-state index in [-0.39, 0.29) is 12.4 Å². The molecule has 1 fully saturated rings. The molecule has 1 saturated heterocycles. The molecule has 0 radical (unpaired) electrons. The molecule has 23 heavy (non-hydrogen) atoms. The summed E-state index contributed by atoms with van der Waals surface area (Å²) >= 11 is 0. The van der Waals surface area contributed by atoms with Crippen LogP contribution in [-0.4, -0.2) is 43.6 Å². The molecule has 1 N–H and O–H groups in total. The first-order chi connectivity index (χ1) is 10.7. The first-order valence-electron chi connectivity index (χ1n) is 8.33. The second-order valence-corrected chi connectivity index (χ2v) is 6.07. The average molecular weight is 341 g/mol. The lowest BCUT2D eigenvalue weighted by Crippen LogP contribution is -2.43. The summed E-state index contributed by atoms with van der Waals surface area (Å²) in [5.74, 6) is 1.21. The van der Waals surface area contributed by atoms with E-state index in [1.165, 1.54) is 5.56 Å². The average Bonchev–Trinajstić information content (AvgIpc) is 2.54. The number of halogens is 1. The van der Waals surface area contributed by atoms with Gasteiger partial charge in [0, 0.05) is 25.6 Å². The monoisotopic (exact) mass is 340 g/mol. The Bertz CT molecular complexity index is 474. The first-order valence-corrected chi connectivity index (χ1v) is 8.33. The molecule has 5 heteroatoms. The van der Waals surface area contributed by atoms with Gasteiger partial charge >= 0.3 is 0 Å². The van der Waals surface area contributed by atoms with Crippen molar-refractivity contribution in [2.75, 3.05) is 26.7 Å². The van der Waals surface area contributed by atoms with Gasteiger partial charge < -0.3 is 15.0 Å². The summed E-state index contributed by atoms with van der Waals surface area (Å²) in [7, 11) is 2.00. The number of rotatable bonds is 7. The molecule has 0 saturated carbocycles. The molecule has 130 valence electrons. The van der Waals surface area contributed by atoms with Crippen LogP contribution in [0.3, 0.4) is 0 Å². The quantitative estimate of drug-likeness (QED) is 0.775. The normalized spacial score (nSPS) is 15.1. The van der Waals surface area contributed by atoms with E-state index in [9.17, 15) is 4.79 Å². The van der Waals surface area contributed by atoms with Gasteiger partial charge in [-0.25, -0.2) is 0 Å². The Morgan fingerprint density at radius 2 is 2.04 bits per heavy atom. The van der Waals surface area contributed by atoms with Crippen LogP contribution < -0.4 is 10.1 Å². The molecule has 4 nitrogen and oxygen atoms in total. The van der Waals surface area contributed by atoms with E-state index in [0.29, 0.717) is 25.0 Å². The SMILES string of the molecule is CNC1CCN(C(=O)CCCCOc2cccc(C)c2)CC1.Cl. The molecule has 0 atom stereocenters. The molecular weight excluding hydrogens is 312 g/mol. The minimum absolute atomic E-state index is 0. The minimum atomic E-state index is 0. The van der Waals surface area contributed by atoms with Crippen LogP contribution in [0.25, 0.3) is 0 Å². The molecule has 1 amide bonds. The number of benzene rings is 1. The van der Waals surface area contributed by atoms with Crippen LogP contribution in [-0.2, 0) is 4.79 Å². The highest BCUT2D eigenvalue weighted by Crippen LogP contribution is 2.14. The Morgan fingerprint density at radius 1 is 1.30 bits per heavy atom. The predicted molar refractivity (Wildman–Crippen MR) is 96.4 cm³/mol. The van der Waals surface area contributed by atoms with Crippen LogP contribution in [0.2, 0.25) is 0 Å². The van der Waals surface area contributed by atoms with E-state index in [1.54, 1.807) is 0 Å². The van der Waals surface area contributed by atoms with Crippen molar-refractivity contribution in [2.45, 2.75) is 45.1 Å². The molecule has 1 heterocycles. The number of likely N-dealkylation sites (tertiary alicyclic amines) is 1. The third kappa shape index (κ3) is 6.80. The highest BCUT2D eigenvalue weighted by molar-refractivity contribution is 5.85. The van der Waals surface area contributed by atoms with E-state index in [0.717, 1.165) is 44.5 Å². The van der Waals surface area contributed by atoms with Crippen molar-refractivity contribution in [1.29, 1.82) is 0 Å². The Balaban J connectivity index is 0.00000264. The topological polar surface area (TPSA) is 41.6 Å². The number of carbonyl (C=O) groups excluding carboxylic acids is 1. The van der Waals surface area contributed by atoms with Crippen LogP contribution >= 0.6 is 12.4 Å². The molecule has 2 rings (SSSR count). The second kappa shape index (κ2) is 10.5. The molecule has 0 spiro atoms. The third-order valence-corrected chi connectivity index (χ3v) is 4.30. The van der Waals surface area contributed by atoms with Gasteiger partial charge in [-0.1, -0.05) is 12.1 Å². The number of hydrogen-bond acceptors (Lipinski definition) is 3. The number of aryl methyl sites for hydroxylation is 1. The molecule has 1 aromatic rings. The van der Waals surface area contributed by atoms with Crippen molar-refractivity contribution in [3.05, 3.63) is 29.8 Å². The van der Waals surface area contributed by atoms with Gasteiger partial charge in [-0.2, -0.15) is 0 Å². The van der Waals surface area contributed by atoms with Crippen molar-refractivity contribution in [2.24, 2.45) is 0 Å². The van der Waals surface area contributed by atoms with Crippen molar-refractivity contribution in [1.82, 2.24) is 10.2 Å². The molecule has 1 aliphatic heterocycles. The van der Waals surface area contributed by atoms with Crippen molar-refractivity contribution in [3.8, 4) is 5.75 Å². The van der Waals surface area contributed by atoms with E-state index < -0.39 is 0 Å². The summed E-state index contributed by atoms with van der Waals surface area (Å²) in [6.45, 7) is 4.52. The van der Waals surface area contributed by atoms with Crippen LogP contribution in [0, 0.1) is 6.92 Å². The Hall–Kier alpha value is -1.26. The van der Waals surface area contributed by atoms with Crippen LogP contribution in [0.1, 0.15) is 37.7 Å².